The summed E-state index contributed by atoms with van der Waals surface area (Å²) in [6.45, 7) is -4.06. The van der Waals surface area contributed by atoms with E-state index in [0.717, 1.165) is 4.90 Å². The molecule has 0 fully saturated rings. The Bertz CT molecular complexity index is 577. The fourth-order valence-corrected chi connectivity index (χ4v) is 3.21. The third kappa shape index (κ3) is 7.09. The third-order valence-electron chi connectivity index (χ3n) is 4.91. The molecule has 180 valence electrons. The Morgan fingerprint density at radius 3 is 1.23 bits per heavy atom. The summed E-state index contributed by atoms with van der Waals surface area (Å²) in [5.41, 5.74) is 0.549. The van der Waals surface area contributed by atoms with Gasteiger partial charge in [-0.25, -0.2) is 0 Å². The highest BCUT2D eigenvalue weighted by Crippen LogP contribution is 2.22. The SMILES string of the molecule is C.O=C(c1ccc(N(C(CO)CO)C(CO)CO)cc1)N(C(CO)CO)C(CO)CO. The van der Waals surface area contributed by atoms with Gasteiger partial charge in [0, 0.05) is 11.3 Å². The molecule has 11 heteroatoms. The van der Waals surface area contributed by atoms with Crippen LogP contribution in [-0.2, 0) is 0 Å². The van der Waals surface area contributed by atoms with Crippen molar-refractivity contribution in [3.63, 3.8) is 0 Å². The average Bonchev–Trinajstić information content (AvgIpc) is 2.79. The van der Waals surface area contributed by atoms with E-state index < -0.39 is 82.9 Å². The van der Waals surface area contributed by atoms with E-state index in [1.165, 1.54) is 29.2 Å². The predicted octanol–water partition coefficient (Wildman–Crippen LogP) is -3.02. The lowest BCUT2D eigenvalue weighted by Gasteiger charge is -2.37. The van der Waals surface area contributed by atoms with Crippen LogP contribution in [0.2, 0.25) is 0 Å². The molecule has 0 bridgehead atoms. The Labute approximate surface area is 182 Å². The first kappa shape index (κ1) is 29.2. The van der Waals surface area contributed by atoms with Gasteiger partial charge in [-0.05, 0) is 24.3 Å². The van der Waals surface area contributed by atoms with Crippen LogP contribution in [0.3, 0.4) is 0 Å². The van der Waals surface area contributed by atoms with Crippen LogP contribution in [0, 0.1) is 0 Å². The molecule has 11 nitrogen and oxygen atoms in total. The van der Waals surface area contributed by atoms with E-state index in [1.807, 2.05) is 0 Å². The molecule has 0 aliphatic heterocycles. The molecule has 0 atom stereocenters. The number of carbonyl (C=O) groups excluding carboxylic acids is 1. The van der Waals surface area contributed by atoms with Crippen molar-refractivity contribution in [2.24, 2.45) is 0 Å². The highest BCUT2D eigenvalue weighted by atomic mass is 16.3. The van der Waals surface area contributed by atoms with Crippen molar-refractivity contribution in [1.29, 1.82) is 0 Å². The van der Waals surface area contributed by atoms with E-state index >= 15 is 0 Å². The van der Waals surface area contributed by atoms with Gasteiger partial charge >= 0.3 is 0 Å². The quantitative estimate of drug-likeness (QED) is 0.146. The summed E-state index contributed by atoms with van der Waals surface area (Å²) in [6, 6.07) is 2.14. The van der Waals surface area contributed by atoms with E-state index in [0.29, 0.717) is 5.69 Å². The van der Waals surface area contributed by atoms with E-state index in [-0.39, 0.29) is 13.0 Å². The summed E-state index contributed by atoms with van der Waals surface area (Å²) >= 11 is 0. The van der Waals surface area contributed by atoms with Crippen molar-refractivity contribution in [2.75, 3.05) is 57.8 Å². The smallest absolute Gasteiger partial charge is 0.254 e. The second-order valence-corrected chi connectivity index (χ2v) is 6.74. The topological polar surface area (TPSA) is 185 Å². The maximum Gasteiger partial charge on any atom is 0.254 e. The van der Waals surface area contributed by atoms with E-state index in [1.54, 1.807) is 0 Å². The van der Waals surface area contributed by atoms with Crippen LogP contribution in [0.1, 0.15) is 17.8 Å². The number of anilines is 1. The standard InChI is InChI=1S/C19H32N2O9.CH4/c22-5-15(6-23)20(16(7-24)8-25)14-3-1-13(2-4-14)19(30)21(17(9-26)10-27)18(11-28)12-29;/h1-4,15-18,22-29H,5-12H2;1H4. The Kier molecular flexibility index (Phi) is 14.2. The van der Waals surface area contributed by atoms with Crippen molar-refractivity contribution in [2.45, 2.75) is 31.6 Å². The first-order valence-corrected chi connectivity index (χ1v) is 9.55. The molecule has 0 aliphatic carbocycles. The maximum atomic E-state index is 12.9. The summed E-state index contributed by atoms with van der Waals surface area (Å²) in [7, 11) is 0. The molecule has 0 saturated heterocycles. The molecule has 8 N–H and O–H groups in total. The van der Waals surface area contributed by atoms with Crippen LogP contribution in [0.4, 0.5) is 5.69 Å². The van der Waals surface area contributed by atoms with Crippen LogP contribution < -0.4 is 4.90 Å². The average molecular weight is 449 g/mol. The predicted molar refractivity (Wildman–Crippen MR) is 114 cm³/mol. The minimum atomic E-state index is -1.03. The van der Waals surface area contributed by atoms with Gasteiger partial charge < -0.3 is 50.7 Å². The van der Waals surface area contributed by atoms with Gasteiger partial charge in [-0.2, -0.15) is 0 Å². The van der Waals surface area contributed by atoms with Gasteiger partial charge in [-0.3, -0.25) is 4.79 Å². The van der Waals surface area contributed by atoms with Gasteiger partial charge in [-0.1, -0.05) is 7.43 Å². The van der Waals surface area contributed by atoms with Gasteiger partial charge in [0.1, 0.15) is 0 Å². The number of rotatable bonds is 14. The lowest BCUT2D eigenvalue weighted by molar-refractivity contribution is 0.00542. The number of aliphatic hydroxyl groups is 8. The molecule has 1 aromatic carbocycles. The number of benzene rings is 1. The Balaban J connectivity index is 0.00000900. The van der Waals surface area contributed by atoms with Crippen molar-refractivity contribution in [3.05, 3.63) is 29.8 Å². The molecule has 0 saturated carbocycles. The second-order valence-electron chi connectivity index (χ2n) is 6.74. The van der Waals surface area contributed by atoms with Gasteiger partial charge in [0.2, 0.25) is 0 Å². The van der Waals surface area contributed by atoms with Crippen molar-refractivity contribution in [1.82, 2.24) is 4.90 Å². The van der Waals surface area contributed by atoms with Crippen LogP contribution in [0.25, 0.3) is 0 Å². The summed E-state index contributed by atoms with van der Waals surface area (Å²) in [5.74, 6) is -0.643. The second kappa shape index (κ2) is 15.1. The van der Waals surface area contributed by atoms with Crippen molar-refractivity contribution >= 4 is 11.6 Å². The van der Waals surface area contributed by atoms with Gasteiger partial charge in [0.05, 0.1) is 77.0 Å². The fourth-order valence-electron chi connectivity index (χ4n) is 3.21. The molecule has 31 heavy (non-hydrogen) atoms. The highest BCUT2D eigenvalue weighted by Gasteiger charge is 2.31. The van der Waals surface area contributed by atoms with E-state index in [2.05, 4.69) is 0 Å². The Morgan fingerprint density at radius 1 is 0.613 bits per heavy atom. The van der Waals surface area contributed by atoms with Crippen molar-refractivity contribution < 1.29 is 45.6 Å². The molecular formula is C20H36N2O9. The van der Waals surface area contributed by atoms with E-state index in [4.69, 9.17) is 0 Å². The molecule has 1 aromatic rings. The number of nitrogens with zero attached hydrogens (tertiary/aromatic N) is 2. The molecule has 0 aromatic heterocycles. The van der Waals surface area contributed by atoms with Crippen molar-refractivity contribution in [3.8, 4) is 0 Å². The van der Waals surface area contributed by atoms with E-state index in [9.17, 15) is 45.6 Å². The monoisotopic (exact) mass is 448 g/mol. The lowest BCUT2D eigenvalue weighted by Crippen LogP contribution is -2.53. The van der Waals surface area contributed by atoms with Crippen LogP contribution >= 0.6 is 0 Å². The molecule has 0 spiro atoms. The summed E-state index contributed by atoms with van der Waals surface area (Å²) in [6.07, 6.45) is 0. The number of hydrogen-bond donors (Lipinski definition) is 8. The summed E-state index contributed by atoms with van der Waals surface area (Å²) in [4.78, 5) is 15.4. The van der Waals surface area contributed by atoms with Crippen LogP contribution in [0.15, 0.2) is 24.3 Å². The zero-order valence-corrected chi connectivity index (χ0v) is 16.7. The normalized spacial score (nSPS) is 11.4. The molecule has 1 amide bonds. The Morgan fingerprint density at radius 2 is 0.935 bits per heavy atom. The van der Waals surface area contributed by atoms with Crippen LogP contribution in [-0.4, -0.2) is 129 Å². The lowest BCUT2D eigenvalue weighted by atomic mass is 10.1. The van der Waals surface area contributed by atoms with Gasteiger partial charge in [-0.15, -0.1) is 0 Å². The first-order valence-electron chi connectivity index (χ1n) is 9.55. The molecule has 0 aliphatic rings. The zero-order chi connectivity index (χ0) is 22.7. The molecule has 0 unspecified atom stereocenters. The summed E-state index contributed by atoms with van der Waals surface area (Å²) < 4.78 is 0. The van der Waals surface area contributed by atoms with Gasteiger partial charge in [0.25, 0.3) is 5.91 Å². The molecule has 0 radical (unpaired) electrons. The van der Waals surface area contributed by atoms with Gasteiger partial charge in [0.15, 0.2) is 0 Å². The van der Waals surface area contributed by atoms with Crippen LogP contribution in [0.5, 0.6) is 0 Å². The third-order valence-corrected chi connectivity index (χ3v) is 4.91. The fraction of sp³-hybridized carbons (Fsp3) is 0.650. The number of aliphatic hydroxyl groups excluding tert-OH is 8. The number of amides is 1. The minimum absolute atomic E-state index is 0. The molecule has 0 heterocycles. The Hall–Kier alpha value is -1.83. The number of carbonyl (C=O) groups is 1. The first-order chi connectivity index (χ1) is 14.5. The molecular weight excluding hydrogens is 412 g/mol. The number of hydrogen-bond acceptors (Lipinski definition) is 10. The zero-order valence-electron chi connectivity index (χ0n) is 16.7. The largest absolute Gasteiger partial charge is 0.394 e. The molecule has 1 rings (SSSR count). The summed E-state index contributed by atoms with van der Waals surface area (Å²) in [5, 5.41) is 75.9. The maximum absolute atomic E-state index is 12.9. The highest BCUT2D eigenvalue weighted by molar-refractivity contribution is 5.95. The minimum Gasteiger partial charge on any atom is -0.394 e.